The number of aryl methyl sites for hydroxylation is 1. The molecule has 0 atom stereocenters. The number of hydrogen-bond acceptors (Lipinski definition) is 2. The Hall–Kier alpha value is -2.54. The summed E-state index contributed by atoms with van der Waals surface area (Å²) in [4.78, 5) is 23.7. The van der Waals surface area contributed by atoms with Gasteiger partial charge >= 0.3 is 18.0 Å². The van der Waals surface area contributed by atoms with Crippen LogP contribution >= 0.6 is 11.6 Å². The van der Waals surface area contributed by atoms with Crippen molar-refractivity contribution in [3.63, 3.8) is 0 Å². The quantitative estimate of drug-likeness (QED) is 0.804. The molecule has 0 radical (unpaired) electrons. The van der Waals surface area contributed by atoms with Gasteiger partial charge in [0.25, 0.3) is 0 Å². The van der Waals surface area contributed by atoms with Crippen molar-refractivity contribution in [3.8, 4) is 0 Å². The third-order valence-electron chi connectivity index (χ3n) is 3.28. The maximum atomic E-state index is 12.7. The molecule has 2 rings (SSSR count). The smallest absolute Gasteiger partial charge is 0.344 e. The number of hydrogen-bond donors (Lipinski definition) is 2. The van der Waals surface area contributed by atoms with Gasteiger partial charge in [-0.15, -0.1) is 0 Å². The summed E-state index contributed by atoms with van der Waals surface area (Å²) in [6.45, 7) is 2.00. The highest BCUT2D eigenvalue weighted by Gasteiger charge is 2.31. The van der Waals surface area contributed by atoms with Crippen molar-refractivity contribution in [2.24, 2.45) is 0 Å². The van der Waals surface area contributed by atoms with E-state index < -0.39 is 23.6 Å². The third kappa shape index (κ3) is 5.22. The number of benzene rings is 2. The van der Waals surface area contributed by atoms with Gasteiger partial charge in [-0.2, -0.15) is 13.2 Å². The average Bonchev–Trinajstić information content (AvgIpc) is 2.53. The predicted molar refractivity (Wildman–Crippen MR) is 88.1 cm³/mol. The number of carbonyl (C=O) groups excluding carboxylic acids is 2. The second kappa shape index (κ2) is 7.57. The van der Waals surface area contributed by atoms with Crippen LogP contribution in [0.4, 0.5) is 18.9 Å². The van der Waals surface area contributed by atoms with E-state index in [1.165, 1.54) is 0 Å². The molecule has 2 aromatic rings. The van der Waals surface area contributed by atoms with Gasteiger partial charge in [-0.25, -0.2) is 0 Å². The minimum atomic E-state index is -4.59. The Morgan fingerprint density at radius 2 is 1.80 bits per heavy atom. The van der Waals surface area contributed by atoms with Gasteiger partial charge in [0.2, 0.25) is 0 Å². The van der Waals surface area contributed by atoms with Gasteiger partial charge < -0.3 is 10.6 Å². The highest BCUT2D eigenvalue weighted by molar-refractivity contribution is 6.41. The summed E-state index contributed by atoms with van der Waals surface area (Å²) in [6, 6.07) is 9.76. The summed E-state index contributed by atoms with van der Waals surface area (Å²) in [6.07, 6.45) is -4.59. The lowest BCUT2D eigenvalue weighted by atomic mass is 10.1. The largest absolute Gasteiger partial charge is 0.416 e. The van der Waals surface area contributed by atoms with Crippen LogP contribution in [0, 0.1) is 6.92 Å². The fraction of sp³-hybridized carbons (Fsp3) is 0.176. The van der Waals surface area contributed by atoms with Crippen LogP contribution in [0.25, 0.3) is 0 Å². The maximum absolute atomic E-state index is 12.7. The molecule has 0 unspecified atom stereocenters. The van der Waals surface area contributed by atoms with Crippen molar-refractivity contribution in [1.29, 1.82) is 0 Å². The lowest BCUT2D eigenvalue weighted by molar-refractivity contribution is -0.137. The average molecular weight is 371 g/mol. The second-order valence-electron chi connectivity index (χ2n) is 5.32. The molecular formula is C17H14ClF3N2O2. The summed E-state index contributed by atoms with van der Waals surface area (Å²) in [7, 11) is 0. The molecule has 2 aromatic carbocycles. The van der Waals surface area contributed by atoms with Gasteiger partial charge in [-0.1, -0.05) is 41.4 Å². The molecule has 0 saturated heterocycles. The van der Waals surface area contributed by atoms with Gasteiger partial charge in [0, 0.05) is 6.54 Å². The Morgan fingerprint density at radius 3 is 2.44 bits per heavy atom. The molecule has 0 aliphatic heterocycles. The molecule has 0 heterocycles. The fourth-order valence-corrected chi connectivity index (χ4v) is 2.23. The van der Waals surface area contributed by atoms with Gasteiger partial charge in [-0.3, -0.25) is 9.59 Å². The topological polar surface area (TPSA) is 58.2 Å². The zero-order chi connectivity index (χ0) is 18.6. The van der Waals surface area contributed by atoms with Crippen molar-refractivity contribution in [2.75, 3.05) is 5.32 Å². The van der Waals surface area contributed by atoms with Crippen molar-refractivity contribution < 1.29 is 22.8 Å². The van der Waals surface area contributed by atoms with Gasteiger partial charge in [0.15, 0.2) is 0 Å². The lowest BCUT2D eigenvalue weighted by Gasteiger charge is -2.11. The van der Waals surface area contributed by atoms with E-state index in [2.05, 4.69) is 10.6 Å². The first-order valence-corrected chi connectivity index (χ1v) is 7.56. The maximum Gasteiger partial charge on any atom is 0.416 e. The second-order valence-corrected chi connectivity index (χ2v) is 5.73. The number of alkyl halides is 3. The third-order valence-corrected chi connectivity index (χ3v) is 3.61. The Kier molecular flexibility index (Phi) is 5.69. The molecule has 0 aromatic heterocycles. The molecule has 4 nitrogen and oxygen atoms in total. The van der Waals surface area contributed by atoms with Crippen LogP contribution in [0.5, 0.6) is 0 Å². The van der Waals surface area contributed by atoms with E-state index in [1.54, 1.807) is 12.1 Å². The van der Waals surface area contributed by atoms with Crippen LogP contribution in [0.1, 0.15) is 16.7 Å². The van der Waals surface area contributed by atoms with Crippen LogP contribution < -0.4 is 10.6 Å². The minimum absolute atomic E-state index is 0.104. The van der Waals surface area contributed by atoms with E-state index >= 15 is 0 Å². The van der Waals surface area contributed by atoms with Crippen LogP contribution in [0.3, 0.4) is 0 Å². The molecule has 0 spiro atoms. The van der Waals surface area contributed by atoms with Crippen molar-refractivity contribution in [1.82, 2.24) is 5.32 Å². The lowest BCUT2D eigenvalue weighted by Crippen LogP contribution is -2.35. The molecule has 0 bridgehead atoms. The van der Waals surface area contributed by atoms with Crippen LogP contribution in [-0.4, -0.2) is 11.8 Å². The number of nitrogens with one attached hydrogen (secondary N) is 2. The molecule has 0 aliphatic carbocycles. The number of rotatable bonds is 3. The standard InChI is InChI=1S/C17H14ClF3N2O2/c1-10-3-2-4-11(7-10)9-22-15(24)16(25)23-14-8-12(17(19,20)21)5-6-13(14)18/h2-8H,9H2,1H3,(H,22,24)(H,23,25). The van der Waals surface area contributed by atoms with E-state index in [9.17, 15) is 22.8 Å². The Balaban J connectivity index is 2.02. The molecule has 0 aliphatic rings. The van der Waals surface area contributed by atoms with Crippen LogP contribution in [0.15, 0.2) is 42.5 Å². The van der Waals surface area contributed by atoms with Crippen molar-refractivity contribution in [2.45, 2.75) is 19.6 Å². The monoisotopic (exact) mass is 370 g/mol. The summed E-state index contributed by atoms with van der Waals surface area (Å²) in [5, 5.41) is 4.38. The molecule has 0 fully saturated rings. The van der Waals surface area contributed by atoms with Crippen LogP contribution in [0.2, 0.25) is 5.02 Å². The fourth-order valence-electron chi connectivity index (χ4n) is 2.06. The molecule has 0 saturated carbocycles. The van der Waals surface area contributed by atoms with E-state index in [1.807, 2.05) is 19.1 Å². The van der Waals surface area contributed by atoms with E-state index in [0.717, 1.165) is 23.3 Å². The van der Waals surface area contributed by atoms with Crippen molar-refractivity contribution >= 4 is 29.1 Å². The van der Waals surface area contributed by atoms with Gasteiger partial charge in [0.1, 0.15) is 0 Å². The highest BCUT2D eigenvalue weighted by Crippen LogP contribution is 2.33. The molecular weight excluding hydrogens is 357 g/mol. The number of carbonyl (C=O) groups is 2. The van der Waals surface area contributed by atoms with Gasteiger partial charge in [-0.05, 0) is 30.7 Å². The predicted octanol–water partition coefficient (Wildman–Crippen LogP) is 3.92. The Bertz CT molecular complexity index is 807. The summed E-state index contributed by atoms with van der Waals surface area (Å²) in [5.41, 5.74) is 0.518. The first kappa shape index (κ1) is 18.8. The summed E-state index contributed by atoms with van der Waals surface area (Å²) in [5.74, 6) is -2.08. The molecule has 25 heavy (non-hydrogen) atoms. The Morgan fingerprint density at radius 1 is 1.08 bits per heavy atom. The van der Waals surface area contributed by atoms with E-state index in [-0.39, 0.29) is 17.3 Å². The zero-order valence-corrected chi connectivity index (χ0v) is 13.8. The highest BCUT2D eigenvalue weighted by atomic mass is 35.5. The molecule has 2 amide bonds. The summed E-state index contributed by atoms with van der Waals surface area (Å²) >= 11 is 5.77. The number of anilines is 1. The van der Waals surface area contributed by atoms with Gasteiger partial charge in [0.05, 0.1) is 16.3 Å². The van der Waals surface area contributed by atoms with Crippen LogP contribution in [-0.2, 0) is 22.3 Å². The summed E-state index contributed by atoms with van der Waals surface area (Å²) < 4.78 is 38.1. The first-order valence-electron chi connectivity index (χ1n) is 7.18. The minimum Gasteiger partial charge on any atom is -0.344 e. The van der Waals surface area contributed by atoms with E-state index in [4.69, 9.17) is 11.6 Å². The number of amides is 2. The normalized spacial score (nSPS) is 11.1. The SMILES string of the molecule is Cc1cccc(CNC(=O)C(=O)Nc2cc(C(F)(F)F)ccc2Cl)c1. The Labute approximate surface area is 147 Å². The first-order chi connectivity index (χ1) is 11.7. The number of halogens is 4. The molecule has 8 heteroatoms. The zero-order valence-electron chi connectivity index (χ0n) is 13.1. The molecule has 132 valence electrons. The van der Waals surface area contributed by atoms with Crippen molar-refractivity contribution in [3.05, 3.63) is 64.2 Å². The van der Waals surface area contributed by atoms with E-state index in [0.29, 0.717) is 6.07 Å². The molecule has 2 N–H and O–H groups in total.